The fourth-order valence-electron chi connectivity index (χ4n) is 3.72. The monoisotopic (exact) mass is 425 g/mol. The SMILES string of the molecule is Cc1ccc(C(=O)NC(=S)Nc2sc3c(c2C#N)CCC(C(C)(C)C)C3)cc1C. The third-order valence-corrected chi connectivity index (χ3v) is 7.20. The summed E-state index contributed by atoms with van der Waals surface area (Å²) in [6.07, 6.45) is 3.00. The molecule has 1 aliphatic rings. The molecule has 1 aromatic carbocycles. The molecule has 2 N–H and O–H groups in total. The molecular formula is C23H27N3OS2. The number of benzene rings is 1. The van der Waals surface area contributed by atoms with Crippen molar-refractivity contribution in [3.05, 3.63) is 50.9 Å². The number of hydrogen-bond donors (Lipinski definition) is 2. The van der Waals surface area contributed by atoms with Crippen LogP contribution in [0, 0.1) is 36.5 Å². The Morgan fingerprint density at radius 1 is 1.28 bits per heavy atom. The van der Waals surface area contributed by atoms with E-state index < -0.39 is 0 Å². The van der Waals surface area contributed by atoms with Crippen molar-refractivity contribution < 1.29 is 4.79 Å². The van der Waals surface area contributed by atoms with E-state index >= 15 is 0 Å². The summed E-state index contributed by atoms with van der Waals surface area (Å²) in [5.41, 5.74) is 4.82. The highest BCUT2D eigenvalue weighted by molar-refractivity contribution is 7.80. The van der Waals surface area contributed by atoms with Crippen molar-refractivity contribution in [1.82, 2.24) is 5.32 Å². The molecule has 0 saturated carbocycles. The van der Waals surface area contributed by atoms with Crippen LogP contribution in [-0.4, -0.2) is 11.0 Å². The molecule has 0 bridgehead atoms. The number of aryl methyl sites for hydroxylation is 2. The number of amides is 1. The van der Waals surface area contributed by atoms with E-state index in [1.165, 1.54) is 4.88 Å². The summed E-state index contributed by atoms with van der Waals surface area (Å²) in [7, 11) is 0. The number of thiocarbonyl (C=S) groups is 1. The van der Waals surface area contributed by atoms with Gasteiger partial charge in [0.25, 0.3) is 5.91 Å². The Kier molecular flexibility index (Phi) is 6.11. The zero-order valence-corrected chi connectivity index (χ0v) is 19.2. The van der Waals surface area contributed by atoms with Gasteiger partial charge in [-0.2, -0.15) is 5.26 Å². The van der Waals surface area contributed by atoms with Crippen LogP contribution < -0.4 is 10.6 Å². The van der Waals surface area contributed by atoms with E-state index in [4.69, 9.17) is 12.2 Å². The first kappa shape index (κ1) is 21.5. The number of nitriles is 1. The zero-order valence-electron chi connectivity index (χ0n) is 17.6. The van der Waals surface area contributed by atoms with Crippen LogP contribution in [0.15, 0.2) is 18.2 Å². The van der Waals surface area contributed by atoms with E-state index in [1.807, 2.05) is 26.0 Å². The maximum absolute atomic E-state index is 12.5. The third-order valence-electron chi connectivity index (χ3n) is 5.83. The summed E-state index contributed by atoms with van der Waals surface area (Å²) >= 11 is 6.95. The molecule has 0 fully saturated rings. The Morgan fingerprint density at radius 3 is 2.62 bits per heavy atom. The van der Waals surface area contributed by atoms with Crippen molar-refractivity contribution >= 4 is 39.6 Å². The van der Waals surface area contributed by atoms with Crippen molar-refractivity contribution in [3.8, 4) is 6.07 Å². The smallest absolute Gasteiger partial charge is 0.257 e. The predicted octanol–water partition coefficient (Wildman–Crippen LogP) is 5.51. The number of fused-ring (bicyclic) bond motifs is 1. The Labute approximate surface area is 182 Å². The van der Waals surface area contributed by atoms with Crippen molar-refractivity contribution in [2.45, 2.75) is 53.9 Å². The van der Waals surface area contributed by atoms with Gasteiger partial charge in [0, 0.05) is 10.4 Å². The van der Waals surface area contributed by atoms with E-state index in [-0.39, 0.29) is 16.4 Å². The molecule has 1 aromatic heterocycles. The standard InChI is InChI=1S/C23H27N3OS2/c1-13-6-7-15(10-14(13)2)20(27)25-22(28)26-21-18(12-24)17-9-8-16(23(3,4)5)11-19(17)29-21/h6-7,10,16H,8-9,11H2,1-5H3,(H2,25,26,27,28). The van der Waals surface area contributed by atoms with Crippen LogP contribution in [-0.2, 0) is 12.8 Å². The molecule has 0 radical (unpaired) electrons. The highest BCUT2D eigenvalue weighted by atomic mass is 32.1. The molecule has 1 atom stereocenters. The van der Waals surface area contributed by atoms with Crippen LogP contribution in [0.1, 0.15) is 64.7 Å². The number of rotatable bonds is 2. The number of anilines is 1. The number of nitrogens with zero attached hydrogens (tertiary/aromatic N) is 1. The second-order valence-electron chi connectivity index (χ2n) is 8.83. The van der Waals surface area contributed by atoms with Crippen LogP contribution >= 0.6 is 23.6 Å². The third kappa shape index (κ3) is 4.68. The fraction of sp³-hybridized carbons (Fsp3) is 0.435. The number of carbonyl (C=O) groups is 1. The van der Waals surface area contributed by atoms with Gasteiger partial charge in [-0.05, 0) is 85.5 Å². The van der Waals surface area contributed by atoms with E-state index in [1.54, 1.807) is 17.4 Å². The van der Waals surface area contributed by atoms with Gasteiger partial charge in [-0.3, -0.25) is 10.1 Å². The van der Waals surface area contributed by atoms with Crippen LogP contribution in [0.3, 0.4) is 0 Å². The summed E-state index contributed by atoms with van der Waals surface area (Å²) in [6, 6.07) is 7.90. The van der Waals surface area contributed by atoms with Gasteiger partial charge in [-0.15, -0.1) is 11.3 Å². The van der Waals surface area contributed by atoms with Gasteiger partial charge in [0.1, 0.15) is 11.1 Å². The Hall–Kier alpha value is -2.23. The van der Waals surface area contributed by atoms with Crippen molar-refractivity contribution in [2.24, 2.45) is 11.3 Å². The largest absolute Gasteiger partial charge is 0.323 e. The molecule has 1 amide bonds. The lowest BCUT2D eigenvalue weighted by Crippen LogP contribution is -2.34. The Bertz CT molecular complexity index is 1010. The molecule has 29 heavy (non-hydrogen) atoms. The number of thiophene rings is 1. The zero-order chi connectivity index (χ0) is 21.3. The first-order chi connectivity index (χ1) is 13.6. The summed E-state index contributed by atoms with van der Waals surface area (Å²) in [5, 5.41) is 16.5. The summed E-state index contributed by atoms with van der Waals surface area (Å²) in [5.74, 6) is 0.350. The molecule has 1 unspecified atom stereocenters. The quantitative estimate of drug-likeness (QED) is 0.622. The minimum absolute atomic E-state index is 0.218. The van der Waals surface area contributed by atoms with Crippen LogP contribution in [0.5, 0.6) is 0 Å². The highest BCUT2D eigenvalue weighted by Gasteiger charge is 2.32. The molecule has 1 aliphatic carbocycles. The molecule has 0 saturated heterocycles. The molecule has 0 spiro atoms. The fourth-order valence-corrected chi connectivity index (χ4v) is 5.27. The lowest BCUT2D eigenvalue weighted by atomic mass is 9.72. The van der Waals surface area contributed by atoms with Crippen molar-refractivity contribution in [3.63, 3.8) is 0 Å². The molecule has 6 heteroatoms. The van der Waals surface area contributed by atoms with Gasteiger partial charge >= 0.3 is 0 Å². The van der Waals surface area contributed by atoms with Gasteiger partial charge in [0.15, 0.2) is 5.11 Å². The predicted molar refractivity (Wildman–Crippen MR) is 124 cm³/mol. The molecule has 0 aliphatic heterocycles. The lowest BCUT2D eigenvalue weighted by molar-refractivity contribution is 0.0977. The van der Waals surface area contributed by atoms with Crippen LogP contribution in [0.4, 0.5) is 5.00 Å². The van der Waals surface area contributed by atoms with E-state index in [2.05, 4.69) is 37.5 Å². The van der Waals surface area contributed by atoms with Crippen LogP contribution in [0.2, 0.25) is 0 Å². The first-order valence-electron chi connectivity index (χ1n) is 9.84. The van der Waals surface area contributed by atoms with Gasteiger partial charge < -0.3 is 5.32 Å². The number of hydrogen-bond acceptors (Lipinski definition) is 4. The van der Waals surface area contributed by atoms with Gasteiger partial charge in [-0.25, -0.2) is 0 Å². The second kappa shape index (κ2) is 8.25. The average molecular weight is 426 g/mol. The first-order valence-corrected chi connectivity index (χ1v) is 11.1. The minimum Gasteiger partial charge on any atom is -0.323 e. The van der Waals surface area contributed by atoms with Crippen molar-refractivity contribution in [1.29, 1.82) is 5.26 Å². The average Bonchev–Trinajstić information content (AvgIpc) is 2.98. The normalized spacial score (nSPS) is 15.9. The Balaban J connectivity index is 1.74. The van der Waals surface area contributed by atoms with Crippen LogP contribution in [0.25, 0.3) is 0 Å². The number of nitrogens with one attached hydrogen (secondary N) is 2. The molecule has 3 rings (SSSR count). The van der Waals surface area contributed by atoms with Gasteiger partial charge in [0.05, 0.1) is 5.56 Å². The van der Waals surface area contributed by atoms with Gasteiger partial charge in [-0.1, -0.05) is 26.8 Å². The minimum atomic E-state index is -0.252. The maximum atomic E-state index is 12.5. The molecule has 152 valence electrons. The summed E-state index contributed by atoms with van der Waals surface area (Å²) < 4.78 is 0. The topological polar surface area (TPSA) is 64.9 Å². The molecule has 4 nitrogen and oxygen atoms in total. The molecule has 2 aromatic rings. The van der Waals surface area contributed by atoms with E-state index in [0.717, 1.165) is 41.0 Å². The number of carbonyl (C=O) groups excluding carboxylic acids is 1. The van der Waals surface area contributed by atoms with E-state index in [9.17, 15) is 10.1 Å². The molecule has 1 heterocycles. The molecular weight excluding hydrogens is 398 g/mol. The Morgan fingerprint density at radius 2 is 2.00 bits per heavy atom. The van der Waals surface area contributed by atoms with Crippen molar-refractivity contribution in [2.75, 3.05) is 5.32 Å². The maximum Gasteiger partial charge on any atom is 0.257 e. The summed E-state index contributed by atoms with van der Waals surface area (Å²) in [6.45, 7) is 10.8. The second-order valence-corrected chi connectivity index (χ2v) is 10.3. The van der Waals surface area contributed by atoms with E-state index in [0.29, 0.717) is 17.0 Å². The lowest BCUT2D eigenvalue weighted by Gasteiger charge is -2.33. The summed E-state index contributed by atoms with van der Waals surface area (Å²) in [4.78, 5) is 13.8. The highest BCUT2D eigenvalue weighted by Crippen LogP contribution is 2.43. The van der Waals surface area contributed by atoms with Gasteiger partial charge in [0.2, 0.25) is 0 Å².